The smallest absolute Gasteiger partial charge is 0.165 e. The fourth-order valence-electron chi connectivity index (χ4n) is 2.65. The fraction of sp³-hybridized carbons (Fsp3) is 0.294. The summed E-state index contributed by atoms with van der Waals surface area (Å²) >= 11 is 0. The summed E-state index contributed by atoms with van der Waals surface area (Å²) in [5, 5.41) is 7.98. The molecule has 3 aromatic rings. The molecule has 5 nitrogen and oxygen atoms in total. The summed E-state index contributed by atoms with van der Waals surface area (Å²) in [6.45, 7) is 1.00. The topological polar surface area (TPSA) is 51.5 Å². The van der Waals surface area contributed by atoms with E-state index in [1.54, 1.807) is 7.11 Å². The van der Waals surface area contributed by atoms with Gasteiger partial charge in [-0.3, -0.25) is 0 Å². The predicted octanol–water partition coefficient (Wildman–Crippen LogP) is 3.23. The van der Waals surface area contributed by atoms with Gasteiger partial charge >= 0.3 is 0 Å². The van der Waals surface area contributed by atoms with Gasteiger partial charge in [0.05, 0.1) is 18.9 Å². The number of para-hydroxylation sites is 1. The highest BCUT2D eigenvalue weighted by atomic mass is 16.5. The van der Waals surface area contributed by atoms with Gasteiger partial charge in [-0.1, -0.05) is 18.2 Å². The lowest BCUT2D eigenvalue weighted by Crippen LogP contribution is -2.08. The van der Waals surface area contributed by atoms with Crippen LogP contribution in [-0.4, -0.2) is 28.3 Å². The van der Waals surface area contributed by atoms with Crippen LogP contribution in [-0.2, 0) is 0 Å². The third kappa shape index (κ3) is 2.28. The van der Waals surface area contributed by atoms with Gasteiger partial charge in [0.2, 0.25) is 0 Å². The molecule has 2 aromatic heterocycles. The summed E-state index contributed by atoms with van der Waals surface area (Å²) < 4.78 is 7.32. The van der Waals surface area contributed by atoms with E-state index in [9.17, 15) is 0 Å². The largest absolute Gasteiger partial charge is 0.496 e. The van der Waals surface area contributed by atoms with Gasteiger partial charge in [-0.15, -0.1) is 0 Å². The molecule has 0 unspecified atom stereocenters. The maximum atomic E-state index is 5.46. The lowest BCUT2D eigenvalue weighted by Gasteiger charge is -2.08. The molecule has 0 amide bonds. The minimum absolute atomic E-state index is 0.812. The first kappa shape index (κ1) is 13.1. The minimum Gasteiger partial charge on any atom is -0.496 e. The second kappa shape index (κ2) is 5.33. The van der Waals surface area contributed by atoms with Crippen molar-refractivity contribution in [2.45, 2.75) is 12.8 Å². The number of aromatic nitrogens is 3. The van der Waals surface area contributed by atoms with Crippen molar-refractivity contribution in [1.29, 1.82) is 0 Å². The Bertz CT molecular complexity index is 807. The van der Waals surface area contributed by atoms with Gasteiger partial charge < -0.3 is 10.1 Å². The highest BCUT2D eigenvalue weighted by Gasteiger charge is 2.21. The molecule has 0 aliphatic heterocycles. The Morgan fingerprint density at radius 2 is 2.09 bits per heavy atom. The van der Waals surface area contributed by atoms with Crippen LogP contribution in [0.15, 0.2) is 42.7 Å². The number of benzene rings is 1. The van der Waals surface area contributed by atoms with Crippen molar-refractivity contribution in [1.82, 2.24) is 14.6 Å². The van der Waals surface area contributed by atoms with Crippen LogP contribution in [0.2, 0.25) is 0 Å². The van der Waals surface area contributed by atoms with Crippen molar-refractivity contribution < 1.29 is 4.74 Å². The zero-order valence-corrected chi connectivity index (χ0v) is 12.5. The molecule has 2 heterocycles. The number of anilines is 1. The van der Waals surface area contributed by atoms with E-state index in [1.165, 1.54) is 12.8 Å². The number of hydrogen-bond donors (Lipinski definition) is 1. The van der Waals surface area contributed by atoms with Crippen molar-refractivity contribution in [3.8, 4) is 16.9 Å². The molecule has 0 bridgehead atoms. The highest BCUT2D eigenvalue weighted by Crippen LogP contribution is 2.33. The summed E-state index contributed by atoms with van der Waals surface area (Å²) in [4.78, 5) is 4.50. The van der Waals surface area contributed by atoms with E-state index in [-0.39, 0.29) is 0 Å². The lowest BCUT2D eigenvalue weighted by atomic mass is 10.1. The molecule has 1 aromatic carbocycles. The quantitative estimate of drug-likeness (QED) is 0.785. The number of ether oxygens (including phenoxy) is 1. The van der Waals surface area contributed by atoms with Crippen LogP contribution in [0, 0.1) is 5.92 Å². The standard InChI is InChI=1S/C17H18N4O/c1-22-15-5-3-2-4-13(15)14-11-20-21-16(8-9-18-17(14)21)19-10-12-6-7-12/h2-5,8-9,11-12,19H,6-7,10H2,1H3. The van der Waals surface area contributed by atoms with Crippen LogP contribution in [0.25, 0.3) is 16.8 Å². The molecule has 112 valence electrons. The molecule has 22 heavy (non-hydrogen) atoms. The summed E-state index contributed by atoms with van der Waals surface area (Å²) in [6, 6.07) is 9.91. The summed E-state index contributed by atoms with van der Waals surface area (Å²) in [5.74, 6) is 2.63. The van der Waals surface area contributed by atoms with Gasteiger partial charge in [0.1, 0.15) is 11.6 Å². The molecule has 0 atom stereocenters. The van der Waals surface area contributed by atoms with Crippen molar-refractivity contribution in [2.75, 3.05) is 19.0 Å². The Hall–Kier alpha value is -2.56. The summed E-state index contributed by atoms with van der Waals surface area (Å²) in [5.41, 5.74) is 2.82. The van der Waals surface area contributed by atoms with E-state index >= 15 is 0 Å². The van der Waals surface area contributed by atoms with E-state index in [1.807, 2.05) is 47.2 Å². The molecule has 0 spiro atoms. The first-order valence-electron chi connectivity index (χ1n) is 7.57. The van der Waals surface area contributed by atoms with Crippen LogP contribution < -0.4 is 10.1 Å². The lowest BCUT2D eigenvalue weighted by molar-refractivity contribution is 0.416. The molecule has 1 aliphatic carbocycles. The third-order valence-corrected chi connectivity index (χ3v) is 4.07. The number of rotatable bonds is 5. The molecular formula is C17H18N4O. The number of nitrogens with one attached hydrogen (secondary N) is 1. The average Bonchev–Trinajstić information content (AvgIpc) is 3.30. The van der Waals surface area contributed by atoms with Gasteiger partial charge in [-0.2, -0.15) is 9.61 Å². The van der Waals surface area contributed by atoms with E-state index in [0.29, 0.717) is 0 Å². The van der Waals surface area contributed by atoms with Crippen LogP contribution in [0.3, 0.4) is 0 Å². The molecular weight excluding hydrogens is 276 g/mol. The molecule has 1 N–H and O–H groups in total. The molecule has 1 aliphatic rings. The van der Waals surface area contributed by atoms with Crippen molar-refractivity contribution >= 4 is 11.5 Å². The van der Waals surface area contributed by atoms with Crippen LogP contribution in [0.1, 0.15) is 12.8 Å². The predicted molar refractivity (Wildman–Crippen MR) is 86.2 cm³/mol. The first-order valence-corrected chi connectivity index (χ1v) is 7.57. The van der Waals surface area contributed by atoms with Crippen LogP contribution >= 0.6 is 0 Å². The van der Waals surface area contributed by atoms with Gasteiger partial charge in [0, 0.05) is 18.3 Å². The minimum atomic E-state index is 0.812. The number of hydrogen-bond acceptors (Lipinski definition) is 4. The maximum absolute atomic E-state index is 5.46. The maximum Gasteiger partial charge on any atom is 0.165 e. The van der Waals surface area contributed by atoms with E-state index < -0.39 is 0 Å². The van der Waals surface area contributed by atoms with Crippen molar-refractivity contribution in [3.63, 3.8) is 0 Å². The Morgan fingerprint density at radius 1 is 1.23 bits per heavy atom. The fourth-order valence-corrected chi connectivity index (χ4v) is 2.65. The monoisotopic (exact) mass is 294 g/mol. The van der Waals surface area contributed by atoms with Gasteiger partial charge in [0.25, 0.3) is 0 Å². The van der Waals surface area contributed by atoms with Crippen LogP contribution in [0.4, 0.5) is 5.82 Å². The van der Waals surface area contributed by atoms with Gasteiger partial charge in [-0.25, -0.2) is 4.98 Å². The Balaban J connectivity index is 1.77. The molecule has 0 radical (unpaired) electrons. The SMILES string of the molecule is COc1ccccc1-c1cnn2c(NCC3CC3)ccnc12. The van der Waals surface area contributed by atoms with E-state index in [0.717, 1.165) is 40.8 Å². The number of methoxy groups -OCH3 is 1. The zero-order valence-electron chi connectivity index (χ0n) is 12.5. The number of fused-ring (bicyclic) bond motifs is 1. The Morgan fingerprint density at radius 3 is 2.91 bits per heavy atom. The average molecular weight is 294 g/mol. The van der Waals surface area contributed by atoms with Crippen LogP contribution in [0.5, 0.6) is 5.75 Å². The summed E-state index contributed by atoms with van der Waals surface area (Å²) in [7, 11) is 1.68. The first-order chi connectivity index (χ1) is 10.9. The Kier molecular flexibility index (Phi) is 3.18. The van der Waals surface area contributed by atoms with E-state index in [4.69, 9.17) is 4.74 Å². The summed E-state index contributed by atoms with van der Waals surface area (Å²) in [6.07, 6.45) is 6.33. The molecule has 0 saturated heterocycles. The third-order valence-electron chi connectivity index (χ3n) is 4.07. The second-order valence-corrected chi connectivity index (χ2v) is 5.65. The molecule has 5 heteroatoms. The zero-order chi connectivity index (χ0) is 14.9. The van der Waals surface area contributed by atoms with Crippen molar-refractivity contribution in [3.05, 3.63) is 42.7 Å². The Labute approximate surface area is 128 Å². The molecule has 4 rings (SSSR count). The highest BCUT2D eigenvalue weighted by molar-refractivity contribution is 5.81. The van der Waals surface area contributed by atoms with Crippen molar-refractivity contribution in [2.24, 2.45) is 5.92 Å². The number of nitrogens with zero attached hydrogens (tertiary/aromatic N) is 3. The van der Waals surface area contributed by atoms with Gasteiger partial charge in [0.15, 0.2) is 5.65 Å². The van der Waals surface area contributed by atoms with E-state index in [2.05, 4.69) is 15.4 Å². The normalized spacial score (nSPS) is 14.2. The molecule has 1 fully saturated rings. The second-order valence-electron chi connectivity index (χ2n) is 5.65. The van der Waals surface area contributed by atoms with Gasteiger partial charge in [-0.05, 0) is 30.9 Å². The molecule has 1 saturated carbocycles.